The van der Waals surface area contributed by atoms with Crippen molar-refractivity contribution in [2.75, 3.05) is 81.1 Å². The SMILES string of the molecule is CN1CCN([C@@H]2CCCN(c3cnc(C(N)=O)c(Nc4ccc(C5CCN(CC6CN(c7cc8onc(C9CCC(=O)NC9=O)c8c8ccccc78)C6)CC5)cc4)n3)C2)C1=O. The maximum atomic E-state index is 12.7. The number of benzene rings is 3. The van der Waals surface area contributed by atoms with Crippen molar-refractivity contribution in [3.8, 4) is 0 Å². The van der Waals surface area contributed by atoms with E-state index in [-0.39, 0.29) is 36.0 Å². The molecule has 4 N–H and O–H groups in total. The van der Waals surface area contributed by atoms with Crippen molar-refractivity contribution in [2.24, 2.45) is 11.7 Å². The molecule has 2 atom stereocenters. The number of nitrogens with zero attached hydrogens (tertiary/aromatic N) is 8. The van der Waals surface area contributed by atoms with Crippen molar-refractivity contribution >= 4 is 68.5 Å². The highest BCUT2D eigenvalue weighted by Gasteiger charge is 2.37. The number of hydrogen-bond acceptors (Lipinski definition) is 12. The Bertz CT molecular complexity index is 2510. The van der Waals surface area contributed by atoms with Crippen LogP contribution in [-0.2, 0) is 9.59 Å². The Balaban J connectivity index is 0.742. The molecule has 2 aromatic heterocycles. The number of rotatable bonds is 10. The number of nitrogens with one attached hydrogen (secondary N) is 2. The Morgan fingerprint density at radius 2 is 1.70 bits per heavy atom. The summed E-state index contributed by atoms with van der Waals surface area (Å²) < 4.78 is 5.85. The number of nitrogens with two attached hydrogens (primary N) is 1. The minimum atomic E-state index is -0.648. The molecule has 0 radical (unpaired) electrons. The van der Waals surface area contributed by atoms with Gasteiger partial charge in [0.25, 0.3) is 5.91 Å². The summed E-state index contributed by atoms with van der Waals surface area (Å²) in [6, 6.07) is 18.9. The summed E-state index contributed by atoms with van der Waals surface area (Å²) in [7, 11) is 1.84. The average Bonchev–Trinajstić information content (AvgIpc) is 3.84. The third-order valence-electron chi connectivity index (χ3n) is 13.5. The van der Waals surface area contributed by atoms with Crippen LogP contribution >= 0.6 is 0 Å². The third kappa shape index (κ3) is 7.46. The topological polar surface area (TPSA) is 186 Å². The van der Waals surface area contributed by atoms with Crippen LogP contribution in [-0.4, -0.2) is 126 Å². The van der Waals surface area contributed by atoms with Gasteiger partial charge >= 0.3 is 6.03 Å². The van der Waals surface area contributed by atoms with E-state index in [1.807, 2.05) is 36.2 Å². The summed E-state index contributed by atoms with van der Waals surface area (Å²) >= 11 is 0. The zero-order valence-electron chi connectivity index (χ0n) is 34.4. The average molecular weight is 826 g/mol. The van der Waals surface area contributed by atoms with E-state index in [2.05, 4.69) is 65.8 Å². The van der Waals surface area contributed by atoms with Gasteiger partial charge in [0.1, 0.15) is 11.5 Å². The molecular formula is C45H51N11O5. The Kier molecular flexibility index (Phi) is 10.2. The maximum absolute atomic E-state index is 12.7. The first-order chi connectivity index (χ1) is 29.7. The summed E-state index contributed by atoms with van der Waals surface area (Å²) in [6.45, 7) is 7.97. The van der Waals surface area contributed by atoms with E-state index in [0.29, 0.717) is 47.7 Å². The van der Waals surface area contributed by atoms with Gasteiger partial charge in [-0.2, -0.15) is 0 Å². The first-order valence-corrected chi connectivity index (χ1v) is 21.6. The maximum Gasteiger partial charge on any atom is 0.320 e. The minimum Gasteiger partial charge on any atom is -0.370 e. The second kappa shape index (κ2) is 16.0. The molecular weight excluding hydrogens is 775 g/mol. The standard InChI is InChI=1S/C45H51N11O5/c1-52-19-20-56(45(52)60)31-5-4-16-54(26-31)37-22-47-41(42(46)58)43(49-37)48-30-10-8-28(9-11-30)29-14-17-53(18-15-29)23-27-24-55(25-27)35-21-36-39(33-7-3-2-6-32(33)35)40(51-61-36)34-12-13-38(57)50-44(34)59/h2-3,6-11,21-22,27,29,31,34H,4-5,12-20,23-26H2,1H3,(H2,46,58)(H,48,49)(H,50,57,59)/t31-,34?/m1/s1. The number of primary amides is 1. The molecule has 0 spiro atoms. The normalized spacial score (nSPS) is 22.0. The van der Waals surface area contributed by atoms with Crippen LogP contribution in [0, 0.1) is 5.92 Å². The van der Waals surface area contributed by atoms with Gasteiger partial charge in [-0.25, -0.2) is 14.8 Å². The monoisotopic (exact) mass is 825 g/mol. The highest BCUT2D eigenvalue weighted by atomic mass is 16.5. The van der Waals surface area contributed by atoms with Crippen LogP contribution in [0.5, 0.6) is 0 Å². The largest absolute Gasteiger partial charge is 0.370 e. The van der Waals surface area contributed by atoms with Gasteiger partial charge in [0, 0.05) is 88.0 Å². The Morgan fingerprint density at radius 1 is 0.918 bits per heavy atom. The number of anilines is 4. The Morgan fingerprint density at radius 3 is 2.44 bits per heavy atom. The fourth-order valence-corrected chi connectivity index (χ4v) is 10.2. The number of aromatic nitrogens is 3. The smallest absolute Gasteiger partial charge is 0.320 e. The van der Waals surface area contributed by atoms with Crippen LogP contribution in [0.2, 0.25) is 0 Å². The number of imide groups is 1. The number of carbonyl (C=O) groups is 4. The van der Waals surface area contributed by atoms with Gasteiger partial charge in [0.15, 0.2) is 17.1 Å². The Labute approximate surface area is 353 Å². The van der Waals surface area contributed by atoms with Crippen molar-refractivity contribution in [2.45, 2.75) is 56.4 Å². The van der Waals surface area contributed by atoms with Gasteiger partial charge in [-0.3, -0.25) is 19.7 Å². The molecule has 5 aliphatic heterocycles. The van der Waals surface area contributed by atoms with Crippen molar-refractivity contribution < 1.29 is 23.7 Å². The summed E-state index contributed by atoms with van der Waals surface area (Å²) in [4.78, 5) is 69.8. The molecule has 0 saturated carbocycles. The Hall–Kier alpha value is -6.29. The van der Waals surface area contributed by atoms with Crippen molar-refractivity contribution in [1.29, 1.82) is 0 Å². The van der Waals surface area contributed by atoms with Gasteiger partial charge in [-0.05, 0) is 74.2 Å². The summed E-state index contributed by atoms with van der Waals surface area (Å²) in [5.41, 5.74) is 10.3. The number of hydrogen-bond donors (Lipinski definition) is 3. The number of carbonyl (C=O) groups excluding carboxylic acids is 4. The lowest BCUT2D eigenvalue weighted by Gasteiger charge is -2.44. The number of fused-ring (bicyclic) bond motifs is 3. The predicted octanol–water partition coefficient (Wildman–Crippen LogP) is 4.79. The summed E-state index contributed by atoms with van der Waals surface area (Å²) in [5, 5.41) is 13.1. The lowest BCUT2D eigenvalue weighted by Crippen LogP contribution is -2.52. The number of amides is 5. The molecule has 5 fully saturated rings. The van der Waals surface area contributed by atoms with Crippen molar-refractivity contribution in [1.82, 2.24) is 35.1 Å². The van der Waals surface area contributed by atoms with Crippen LogP contribution in [0.4, 0.5) is 27.8 Å². The molecule has 316 valence electrons. The molecule has 0 bridgehead atoms. The quantitative estimate of drug-likeness (QED) is 0.164. The number of likely N-dealkylation sites (tertiary alicyclic amines) is 1. The van der Waals surface area contributed by atoms with Gasteiger partial charge in [-0.15, -0.1) is 0 Å². The summed E-state index contributed by atoms with van der Waals surface area (Å²) in [5.74, 6) is 0.279. The molecule has 5 amide bonds. The van der Waals surface area contributed by atoms with Crippen LogP contribution < -0.4 is 26.2 Å². The third-order valence-corrected chi connectivity index (χ3v) is 13.5. The van der Waals surface area contributed by atoms with Crippen LogP contribution in [0.15, 0.2) is 65.3 Å². The van der Waals surface area contributed by atoms with Gasteiger partial charge < -0.3 is 40.1 Å². The second-order valence-electron chi connectivity index (χ2n) is 17.4. The molecule has 10 rings (SSSR count). The molecule has 7 heterocycles. The molecule has 16 heteroatoms. The van der Waals surface area contributed by atoms with E-state index < -0.39 is 11.8 Å². The van der Waals surface area contributed by atoms with Crippen molar-refractivity contribution in [3.05, 3.63) is 77.7 Å². The van der Waals surface area contributed by atoms with Crippen LogP contribution in [0.3, 0.4) is 0 Å². The lowest BCUT2D eigenvalue weighted by molar-refractivity contribution is -0.134. The molecule has 5 saturated heterocycles. The molecule has 5 aliphatic rings. The van der Waals surface area contributed by atoms with Crippen molar-refractivity contribution in [3.63, 3.8) is 0 Å². The highest BCUT2D eigenvalue weighted by molar-refractivity contribution is 6.14. The van der Waals surface area contributed by atoms with Crippen LogP contribution in [0.1, 0.15) is 72.1 Å². The zero-order valence-corrected chi connectivity index (χ0v) is 34.4. The van der Waals surface area contributed by atoms with Crippen LogP contribution in [0.25, 0.3) is 21.7 Å². The number of piperidine rings is 3. The molecule has 61 heavy (non-hydrogen) atoms. The minimum absolute atomic E-state index is 0.0690. The fourth-order valence-electron chi connectivity index (χ4n) is 10.2. The molecule has 3 aromatic carbocycles. The van der Waals surface area contributed by atoms with E-state index in [1.54, 1.807) is 11.1 Å². The molecule has 5 aromatic rings. The molecule has 0 aliphatic carbocycles. The number of likely N-dealkylation sites (N-methyl/N-ethyl adjacent to an activating group) is 1. The first kappa shape index (κ1) is 38.9. The van der Waals surface area contributed by atoms with E-state index in [1.165, 1.54) is 5.56 Å². The molecule has 16 nitrogen and oxygen atoms in total. The predicted molar refractivity (Wildman–Crippen MR) is 231 cm³/mol. The van der Waals surface area contributed by atoms with E-state index in [0.717, 1.165) is 106 Å². The molecule has 1 unspecified atom stereocenters. The second-order valence-corrected chi connectivity index (χ2v) is 17.4. The van der Waals surface area contributed by atoms with E-state index >= 15 is 0 Å². The highest BCUT2D eigenvalue weighted by Crippen LogP contribution is 2.41. The number of urea groups is 1. The van der Waals surface area contributed by atoms with Gasteiger partial charge in [0.05, 0.1) is 23.5 Å². The fraction of sp³-hybridized carbons (Fsp3) is 0.444. The lowest BCUT2D eigenvalue weighted by atomic mass is 9.88. The van der Waals surface area contributed by atoms with Gasteiger partial charge in [0.2, 0.25) is 11.8 Å². The van der Waals surface area contributed by atoms with Gasteiger partial charge in [-0.1, -0.05) is 41.6 Å². The van der Waals surface area contributed by atoms with E-state index in [4.69, 9.17) is 15.2 Å². The summed E-state index contributed by atoms with van der Waals surface area (Å²) in [6.07, 6.45) is 6.36. The van der Waals surface area contributed by atoms with E-state index in [9.17, 15) is 19.2 Å². The zero-order chi connectivity index (χ0) is 41.8. The first-order valence-electron chi connectivity index (χ1n) is 21.6.